The van der Waals surface area contributed by atoms with Gasteiger partial charge in [-0.25, -0.2) is 0 Å². The predicted molar refractivity (Wildman–Crippen MR) is 50.5 cm³/mol. The molecule has 0 saturated carbocycles. The number of rotatable bonds is 3. The summed E-state index contributed by atoms with van der Waals surface area (Å²) < 4.78 is 5.07. The number of hydrogen-bond acceptors (Lipinski definition) is 2. The topological polar surface area (TPSA) is 26.3 Å². The molecule has 0 saturated heterocycles. The Morgan fingerprint density at radius 3 is 2.85 bits per heavy atom. The number of ether oxygens (including phenoxy) is 1. The van der Waals surface area contributed by atoms with Gasteiger partial charge in [0.05, 0.1) is 7.11 Å². The molecule has 0 bridgehead atoms. The maximum absolute atomic E-state index is 11.0. The Kier molecular flexibility index (Phi) is 3.10. The molecule has 0 atom stereocenters. The van der Waals surface area contributed by atoms with Gasteiger partial charge >= 0.3 is 0 Å². The lowest BCUT2D eigenvalue weighted by Gasteiger charge is -2.04. The number of carbonyl (C=O) groups is 1. The van der Waals surface area contributed by atoms with Crippen LogP contribution in [0.3, 0.4) is 0 Å². The molecule has 0 radical (unpaired) electrons. The minimum Gasteiger partial charge on any atom is -0.496 e. The van der Waals surface area contributed by atoms with Crippen LogP contribution in [0.25, 0.3) is 0 Å². The van der Waals surface area contributed by atoms with Crippen LogP contribution in [-0.4, -0.2) is 12.9 Å². The molecule has 2 nitrogen and oxygen atoms in total. The van der Waals surface area contributed by atoms with Crippen molar-refractivity contribution in [3.8, 4) is 18.1 Å². The number of carbonyl (C=O) groups excluding carboxylic acids is 1. The summed E-state index contributed by atoms with van der Waals surface area (Å²) in [7, 11) is 1.57. The zero-order chi connectivity index (χ0) is 9.68. The van der Waals surface area contributed by atoms with E-state index in [2.05, 4.69) is 5.92 Å². The van der Waals surface area contributed by atoms with Gasteiger partial charge in [0.1, 0.15) is 5.75 Å². The van der Waals surface area contributed by atoms with Crippen molar-refractivity contribution in [2.45, 2.75) is 6.42 Å². The van der Waals surface area contributed by atoms with Gasteiger partial charge in [-0.1, -0.05) is 18.2 Å². The third-order valence-electron chi connectivity index (χ3n) is 1.70. The molecule has 1 aromatic carbocycles. The van der Waals surface area contributed by atoms with Crippen molar-refractivity contribution in [3.63, 3.8) is 0 Å². The van der Waals surface area contributed by atoms with E-state index in [1.54, 1.807) is 13.2 Å². The Bertz CT molecular complexity index is 347. The van der Waals surface area contributed by atoms with Gasteiger partial charge in [0.15, 0.2) is 0 Å². The highest BCUT2D eigenvalue weighted by atomic mass is 16.5. The molecular formula is C11H10O2. The number of Topliss-reactive ketones (excluding diaryl/α,β-unsaturated/α-hetero) is 1. The summed E-state index contributed by atoms with van der Waals surface area (Å²) in [6.45, 7) is 0. The molecule has 66 valence electrons. The quantitative estimate of drug-likeness (QED) is 0.512. The molecule has 0 heterocycles. The Morgan fingerprint density at radius 2 is 2.23 bits per heavy atom. The lowest BCUT2D eigenvalue weighted by molar-refractivity contribution is -0.113. The lowest BCUT2D eigenvalue weighted by atomic mass is 10.1. The molecule has 0 aliphatic carbocycles. The van der Waals surface area contributed by atoms with Crippen molar-refractivity contribution in [3.05, 3.63) is 29.8 Å². The number of para-hydroxylation sites is 1. The fourth-order valence-corrected chi connectivity index (χ4v) is 1.07. The van der Waals surface area contributed by atoms with E-state index < -0.39 is 0 Å². The fraction of sp³-hybridized carbons (Fsp3) is 0.182. The highest BCUT2D eigenvalue weighted by Gasteiger charge is 2.04. The van der Waals surface area contributed by atoms with Gasteiger partial charge in [0.2, 0.25) is 5.78 Å². The molecule has 1 aromatic rings. The normalized spacial score (nSPS) is 8.92. The van der Waals surface area contributed by atoms with E-state index in [-0.39, 0.29) is 12.2 Å². The maximum atomic E-state index is 11.0. The average molecular weight is 174 g/mol. The van der Waals surface area contributed by atoms with E-state index in [9.17, 15) is 4.79 Å². The van der Waals surface area contributed by atoms with Crippen molar-refractivity contribution >= 4 is 5.78 Å². The molecular weight excluding hydrogens is 164 g/mol. The lowest BCUT2D eigenvalue weighted by Crippen LogP contribution is -2.00. The first kappa shape index (κ1) is 9.34. The first-order valence-corrected chi connectivity index (χ1v) is 3.89. The van der Waals surface area contributed by atoms with Crippen molar-refractivity contribution in [2.75, 3.05) is 7.11 Å². The van der Waals surface area contributed by atoms with Crippen molar-refractivity contribution in [1.82, 2.24) is 0 Å². The standard InChI is InChI=1S/C11H10O2/c1-3-10(12)8-9-6-4-5-7-11(9)13-2/h1,4-7H,8H2,2H3. The number of hydrogen-bond donors (Lipinski definition) is 0. The van der Waals surface area contributed by atoms with Crippen LogP contribution in [0.4, 0.5) is 0 Å². The molecule has 1 rings (SSSR count). The minimum absolute atomic E-state index is 0.232. The van der Waals surface area contributed by atoms with Crippen LogP contribution in [0.1, 0.15) is 5.56 Å². The SMILES string of the molecule is C#CC(=O)Cc1ccccc1OC. The second-order valence-electron chi connectivity index (χ2n) is 2.56. The summed E-state index contributed by atoms with van der Waals surface area (Å²) in [5, 5.41) is 0. The zero-order valence-electron chi connectivity index (χ0n) is 7.41. The van der Waals surface area contributed by atoms with Crippen LogP contribution in [0.5, 0.6) is 5.75 Å². The van der Waals surface area contributed by atoms with E-state index >= 15 is 0 Å². The third-order valence-corrected chi connectivity index (χ3v) is 1.70. The Labute approximate surface area is 77.5 Å². The average Bonchev–Trinajstić information content (AvgIpc) is 2.18. The summed E-state index contributed by atoms with van der Waals surface area (Å²) in [4.78, 5) is 11.0. The number of methoxy groups -OCH3 is 1. The first-order chi connectivity index (χ1) is 6.27. The number of terminal acetylenes is 1. The molecule has 0 aliphatic heterocycles. The molecule has 2 heteroatoms. The third kappa shape index (κ3) is 2.34. The molecule has 13 heavy (non-hydrogen) atoms. The van der Waals surface area contributed by atoms with Gasteiger partial charge in [0, 0.05) is 12.0 Å². The van der Waals surface area contributed by atoms with Crippen LogP contribution in [0.15, 0.2) is 24.3 Å². The predicted octanol–water partition coefficient (Wildman–Crippen LogP) is 1.44. The Balaban J connectivity index is 2.88. The smallest absolute Gasteiger partial charge is 0.209 e. The molecule has 0 spiro atoms. The van der Waals surface area contributed by atoms with Crippen molar-refractivity contribution < 1.29 is 9.53 Å². The van der Waals surface area contributed by atoms with Gasteiger partial charge in [-0.05, 0) is 12.0 Å². The summed E-state index contributed by atoms with van der Waals surface area (Å²) in [5.74, 6) is 2.54. The molecule has 0 fully saturated rings. The Morgan fingerprint density at radius 1 is 1.54 bits per heavy atom. The Hall–Kier alpha value is -1.75. The number of ketones is 1. The zero-order valence-corrected chi connectivity index (χ0v) is 7.41. The highest BCUT2D eigenvalue weighted by molar-refractivity contribution is 5.96. The van der Waals surface area contributed by atoms with Crippen molar-refractivity contribution in [2.24, 2.45) is 0 Å². The largest absolute Gasteiger partial charge is 0.496 e. The van der Waals surface area contributed by atoms with Crippen LogP contribution in [0.2, 0.25) is 0 Å². The fourth-order valence-electron chi connectivity index (χ4n) is 1.07. The van der Waals surface area contributed by atoms with Crippen LogP contribution < -0.4 is 4.74 Å². The maximum Gasteiger partial charge on any atom is 0.209 e. The van der Waals surface area contributed by atoms with E-state index in [0.717, 1.165) is 5.56 Å². The molecule has 0 N–H and O–H groups in total. The van der Waals surface area contributed by atoms with E-state index in [4.69, 9.17) is 11.2 Å². The van der Waals surface area contributed by atoms with E-state index in [0.29, 0.717) is 5.75 Å². The molecule has 0 unspecified atom stereocenters. The highest BCUT2D eigenvalue weighted by Crippen LogP contribution is 2.17. The summed E-state index contributed by atoms with van der Waals surface area (Å²) in [5.41, 5.74) is 0.827. The molecule has 0 amide bonds. The van der Waals surface area contributed by atoms with Crippen LogP contribution >= 0.6 is 0 Å². The van der Waals surface area contributed by atoms with Gasteiger partial charge in [-0.2, -0.15) is 0 Å². The van der Waals surface area contributed by atoms with Crippen LogP contribution in [-0.2, 0) is 11.2 Å². The van der Waals surface area contributed by atoms with Gasteiger partial charge in [0.25, 0.3) is 0 Å². The minimum atomic E-state index is -0.232. The molecule has 0 aliphatic rings. The van der Waals surface area contributed by atoms with E-state index in [1.807, 2.05) is 18.2 Å². The van der Waals surface area contributed by atoms with Crippen molar-refractivity contribution in [1.29, 1.82) is 0 Å². The van der Waals surface area contributed by atoms with Gasteiger partial charge in [-0.15, -0.1) is 6.42 Å². The summed E-state index contributed by atoms with van der Waals surface area (Å²) >= 11 is 0. The monoisotopic (exact) mass is 174 g/mol. The second-order valence-corrected chi connectivity index (χ2v) is 2.56. The van der Waals surface area contributed by atoms with Gasteiger partial charge < -0.3 is 4.74 Å². The molecule has 0 aromatic heterocycles. The summed E-state index contributed by atoms with van der Waals surface area (Å²) in [6.07, 6.45) is 5.21. The first-order valence-electron chi connectivity index (χ1n) is 3.89. The van der Waals surface area contributed by atoms with E-state index in [1.165, 1.54) is 0 Å². The number of benzene rings is 1. The van der Waals surface area contributed by atoms with Gasteiger partial charge in [-0.3, -0.25) is 4.79 Å². The summed E-state index contributed by atoms with van der Waals surface area (Å²) in [6, 6.07) is 7.33. The second kappa shape index (κ2) is 4.32. The van der Waals surface area contributed by atoms with Crippen LogP contribution in [0, 0.1) is 12.3 Å².